The van der Waals surface area contributed by atoms with Crippen LogP contribution in [0.15, 0.2) is 22.6 Å². The molecule has 0 radical (unpaired) electrons. The number of benzene rings is 1. The molecule has 1 saturated heterocycles. The summed E-state index contributed by atoms with van der Waals surface area (Å²) >= 11 is 0. The molecule has 0 bridgehead atoms. The van der Waals surface area contributed by atoms with Crippen LogP contribution in [0.4, 0.5) is 5.69 Å². The second-order valence-corrected chi connectivity index (χ2v) is 4.81. The molecule has 18 heavy (non-hydrogen) atoms. The Morgan fingerprint density at radius 3 is 3.17 bits per heavy atom. The van der Waals surface area contributed by atoms with Crippen LogP contribution in [-0.2, 0) is 6.42 Å². The second kappa shape index (κ2) is 4.61. The van der Waals surface area contributed by atoms with Gasteiger partial charge in [0.25, 0.3) is 0 Å². The van der Waals surface area contributed by atoms with Gasteiger partial charge >= 0.3 is 0 Å². The van der Waals surface area contributed by atoms with Crippen LogP contribution in [0.1, 0.15) is 25.7 Å². The first-order valence-electron chi connectivity index (χ1n) is 6.68. The zero-order valence-corrected chi connectivity index (χ0v) is 10.7. The third kappa shape index (κ3) is 1.77. The zero-order chi connectivity index (χ0) is 12.5. The van der Waals surface area contributed by atoms with Crippen molar-refractivity contribution in [2.75, 3.05) is 18.0 Å². The first kappa shape index (κ1) is 11.5. The van der Waals surface area contributed by atoms with E-state index in [-0.39, 0.29) is 0 Å². The number of anilines is 1. The highest BCUT2D eigenvalue weighted by atomic mass is 16.3. The van der Waals surface area contributed by atoms with E-state index in [2.05, 4.69) is 22.9 Å². The van der Waals surface area contributed by atoms with E-state index in [9.17, 15) is 0 Å². The van der Waals surface area contributed by atoms with Gasteiger partial charge in [-0.1, -0.05) is 13.0 Å². The Bertz CT molecular complexity index is 549. The highest BCUT2D eigenvalue weighted by molar-refractivity contribution is 5.87. The lowest BCUT2D eigenvalue weighted by Gasteiger charge is -2.25. The lowest BCUT2D eigenvalue weighted by atomic mass is 10.2. The van der Waals surface area contributed by atoms with Crippen LogP contribution in [0.25, 0.3) is 11.1 Å². The maximum atomic E-state index is 5.86. The van der Waals surface area contributed by atoms with Crippen molar-refractivity contribution in [2.24, 2.45) is 5.73 Å². The number of aryl methyl sites for hydroxylation is 1. The van der Waals surface area contributed by atoms with Crippen molar-refractivity contribution < 1.29 is 4.42 Å². The average Bonchev–Trinajstić information content (AvgIpc) is 3.03. The van der Waals surface area contributed by atoms with Crippen LogP contribution in [-0.4, -0.2) is 24.1 Å². The van der Waals surface area contributed by atoms with Gasteiger partial charge in [0.05, 0.1) is 5.69 Å². The first-order valence-corrected chi connectivity index (χ1v) is 6.68. The Labute approximate surface area is 107 Å². The predicted octanol–water partition coefficient (Wildman–Crippen LogP) is 2.32. The Hall–Kier alpha value is -1.55. The summed E-state index contributed by atoms with van der Waals surface area (Å²) in [6.45, 7) is 3.82. The number of para-hydroxylation sites is 1. The van der Waals surface area contributed by atoms with Crippen LogP contribution in [0, 0.1) is 0 Å². The lowest BCUT2D eigenvalue weighted by molar-refractivity contribution is 0.536. The van der Waals surface area contributed by atoms with E-state index < -0.39 is 0 Å². The minimum Gasteiger partial charge on any atom is -0.439 e. The maximum Gasteiger partial charge on any atom is 0.195 e. The summed E-state index contributed by atoms with van der Waals surface area (Å²) in [5.41, 5.74) is 8.86. The van der Waals surface area contributed by atoms with Gasteiger partial charge in [0, 0.05) is 25.6 Å². The quantitative estimate of drug-likeness (QED) is 0.901. The fourth-order valence-electron chi connectivity index (χ4n) is 2.76. The maximum absolute atomic E-state index is 5.86. The molecule has 1 unspecified atom stereocenters. The molecule has 3 rings (SSSR count). The Kier molecular flexibility index (Phi) is 2.96. The van der Waals surface area contributed by atoms with Gasteiger partial charge in [-0.25, -0.2) is 4.98 Å². The molecule has 0 saturated carbocycles. The normalized spacial score (nSPS) is 19.9. The second-order valence-electron chi connectivity index (χ2n) is 4.81. The molecule has 1 aliphatic rings. The fourth-order valence-corrected chi connectivity index (χ4v) is 2.76. The van der Waals surface area contributed by atoms with Gasteiger partial charge in [0.15, 0.2) is 11.5 Å². The minimum absolute atomic E-state index is 0.436. The van der Waals surface area contributed by atoms with E-state index in [1.807, 2.05) is 12.1 Å². The Morgan fingerprint density at radius 2 is 2.39 bits per heavy atom. The lowest BCUT2D eigenvalue weighted by Crippen LogP contribution is -2.35. The average molecular weight is 245 g/mol. The summed E-state index contributed by atoms with van der Waals surface area (Å²) in [5.74, 6) is 0.806. The van der Waals surface area contributed by atoms with Crippen molar-refractivity contribution >= 4 is 16.8 Å². The number of rotatable bonds is 3. The van der Waals surface area contributed by atoms with Crippen molar-refractivity contribution in [3.8, 4) is 0 Å². The van der Waals surface area contributed by atoms with Crippen LogP contribution >= 0.6 is 0 Å². The van der Waals surface area contributed by atoms with E-state index in [0.29, 0.717) is 12.6 Å². The Balaban J connectivity index is 2.07. The zero-order valence-electron chi connectivity index (χ0n) is 10.7. The Morgan fingerprint density at radius 1 is 1.50 bits per heavy atom. The molecular formula is C14H19N3O. The molecule has 1 atom stereocenters. The van der Waals surface area contributed by atoms with Gasteiger partial charge in [-0.2, -0.15) is 0 Å². The van der Waals surface area contributed by atoms with Gasteiger partial charge in [-0.3, -0.25) is 0 Å². The predicted molar refractivity (Wildman–Crippen MR) is 72.8 cm³/mol. The van der Waals surface area contributed by atoms with Crippen LogP contribution in [0.5, 0.6) is 0 Å². The van der Waals surface area contributed by atoms with Crippen LogP contribution < -0.4 is 10.6 Å². The first-order chi connectivity index (χ1) is 8.83. The van der Waals surface area contributed by atoms with Gasteiger partial charge < -0.3 is 15.1 Å². The van der Waals surface area contributed by atoms with E-state index in [4.69, 9.17) is 10.2 Å². The highest BCUT2D eigenvalue weighted by Crippen LogP contribution is 2.32. The van der Waals surface area contributed by atoms with Crippen molar-refractivity contribution in [2.45, 2.75) is 32.2 Å². The van der Waals surface area contributed by atoms with Crippen LogP contribution in [0.2, 0.25) is 0 Å². The molecular weight excluding hydrogens is 226 g/mol. The molecule has 2 aromatic rings. The molecule has 0 spiro atoms. The summed E-state index contributed by atoms with van der Waals surface area (Å²) in [7, 11) is 0. The number of hydrogen-bond donors (Lipinski definition) is 1. The summed E-state index contributed by atoms with van der Waals surface area (Å²) in [6, 6.07) is 6.60. The molecule has 0 aliphatic carbocycles. The van der Waals surface area contributed by atoms with Gasteiger partial charge in [0.2, 0.25) is 0 Å². The van der Waals surface area contributed by atoms with E-state index >= 15 is 0 Å². The largest absolute Gasteiger partial charge is 0.439 e. The molecule has 2 N–H and O–H groups in total. The number of oxazole rings is 1. The molecule has 96 valence electrons. The van der Waals surface area contributed by atoms with Crippen LogP contribution in [0.3, 0.4) is 0 Å². The van der Waals surface area contributed by atoms with Crippen molar-refractivity contribution in [1.29, 1.82) is 0 Å². The molecule has 1 aliphatic heterocycles. The van der Waals surface area contributed by atoms with Crippen molar-refractivity contribution in [3.05, 3.63) is 24.1 Å². The topological polar surface area (TPSA) is 55.3 Å². The monoisotopic (exact) mass is 245 g/mol. The number of nitrogens with two attached hydrogens (primary N) is 1. The smallest absolute Gasteiger partial charge is 0.195 e. The molecule has 1 aromatic heterocycles. The van der Waals surface area contributed by atoms with E-state index in [1.165, 1.54) is 12.8 Å². The molecule has 0 amide bonds. The third-order valence-electron chi connectivity index (χ3n) is 3.70. The summed E-state index contributed by atoms with van der Waals surface area (Å²) in [5, 5.41) is 0. The van der Waals surface area contributed by atoms with Crippen molar-refractivity contribution in [1.82, 2.24) is 4.98 Å². The number of aromatic nitrogens is 1. The van der Waals surface area contributed by atoms with E-state index in [1.54, 1.807) is 0 Å². The number of fused-ring (bicyclic) bond motifs is 1. The van der Waals surface area contributed by atoms with Crippen molar-refractivity contribution in [3.63, 3.8) is 0 Å². The molecule has 4 nitrogen and oxygen atoms in total. The van der Waals surface area contributed by atoms with E-state index in [0.717, 1.165) is 35.6 Å². The number of hydrogen-bond acceptors (Lipinski definition) is 4. The van der Waals surface area contributed by atoms with Gasteiger partial charge in [-0.05, 0) is 25.0 Å². The summed E-state index contributed by atoms with van der Waals surface area (Å²) < 4.78 is 5.86. The SMILES string of the molecule is CCc1nc2cccc(N3CCCC3CN)c2o1. The molecule has 2 heterocycles. The number of nitrogens with zero attached hydrogens (tertiary/aromatic N) is 2. The summed E-state index contributed by atoms with van der Waals surface area (Å²) in [6.07, 6.45) is 3.20. The standard InChI is InChI=1S/C14H19N3O/c1-2-13-16-11-6-3-7-12(14(11)18-13)17-8-4-5-10(17)9-15/h3,6-7,10H,2,4-5,8-9,15H2,1H3. The molecule has 1 fully saturated rings. The highest BCUT2D eigenvalue weighted by Gasteiger charge is 2.26. The minimum atomic E-state index is 0.436. The fraction of sp³-hybridized carbons (Fsp3) is 0.500. The molecule has 4 heteroatoms. The summed E-state index contributed by atoms with van der Waals surface area (Å²) in [4.78, 5) is 6.86. The molecule has 1 aromatic carbocycles. The third-order valence-corrected chi connectivity index (χ3v) is 3.70. The van der Waals surface area contributed by atoms with Gasteiger partial charge in [0.1, 0.15) is 5.52 Å². The van der Waals surface area contributed by atoms with Gasteiger partial charge in [-0.15, -0.1) is 0 Å².